The van der Waals surface area contributed by atoms with Gasteiger partial charge in [-0.1, -0.05) is 26.0 Å². The van der Waals surface area contributed by atoms with Gasteiger partial charge in [-0.2, -0.15) is 0 Å². The average Bonchev–Trinajstić information content (AvgIpc) is 3.31. The largest absolute Gasteiger partial charge is 0.394 e. The van der Waals surface area contributed by atoms with E-state index < -0.39 is 5.54 Å². The smallest absolute Gasteiger partial charge is 0.315 e. The van der Waals surface area contributed by atoms with Crippen LogP contribution in [-0.2, 0) is 5.41 Å². The Hall–Kier alpha value is -1.62. The van der Waals surface area contributed by atoms with Crippen molar-refractivity contribution in [2.45, 2.75) is 44.6 Å². The molecule has 0 heterocycles. The van der Waals surface area contributed by atoms with Crippen LogP contribution < -0.4 is 10.6 Å². The number of benzene rings is 1. The van der Waals surface area contributed by atoms with Gasteiger partial charge in [-0.3, -0.25) is 0 Å². The van der Waals surface area contributed by atoms with E-state index in [1.54, 1.807) is 12.1 Å². The van der Waals surface area contributed by atoms with Crippen LogP contribution in [-0.4, -0.2) is 29.8 Å². The van der Waals surface area contributed by atoms with Crippen LogP contribution in [0.5, 0.6) is 0 Å². The molecule has 1 aliphatic carbocycles. The third-order valence-electron chi connectivity index (χ3n) is 4.52. The molecule has 1 aromatic carbocycles. The van der Waals surface area contributed by atoms with Crippen molar-refractivity contribution in [2.75, 3.05) is 13.2 Å². The fraction of sp³-hybridized carbons (Fsp3) is 0.588. The van der Waals surface area contributed by atoms with Crippen LogP contribution in [0.2, 0.25) is 0 Å². The third kappa shape index (κ3) is 3.97. The summed E-state index contributed by atoms with van der Waals surface area (Å²) < 4.78 is 13.0. The second-order valence-electron chi connectivity index (χ2n) is 7.05. The van der Waals surface area contributed by atoms with Gasteiger partial charge < -0.3 is 15.7 Å². The van der Waals surface area contributed by atoms with Gasteiger partial charge in [0, 0.05) is 12.0 Å². The normalized spacial score (nSPS) is 17.7. The van der Waals surface area contributed by atoms with Crippen LogP contribution in [0.1, 0.15) is 39.2 Å². The van der Waals surface area contributed by atoms with Gasteiger partial charge >= 0.3 is 6.03 Å². The van der Waals surface area contributed by atoms with Crippen molar-refractivity contribution in [3.05, 3.63) is 35.6 Å². The van der Waals surface area contributed by atoms with E-state index in [4.69, 9.17) is 0 Å². The lowest BCUT2D eigenvalue weighted by molar-refractivity contribution is 0.154. The maximum absolute atomic E-state index is 13.0. The summed E-state index contributed by atoms with van der Waals surface area (Å²) in [6.45, 7) is 6.22. The van der Waals surface area contributed by atoms with Gasteiger partial charge in [-0.25, -0.2) is 9.18 Å². The van der Waals surface area contributed by atoms with E-state index in [9.17, 15) is 14.3 Å². The van der Waals surface area contributed by atoms with Gasteiger partial charge in [0.2, 0.25) is 0 Å². The summed E-state index contributed by atoms with van der Waals surface area (Å²) in [5.74, 6) is 0.0850. The molecule has 1 aromatic rings. The fourth-order valence-electron chi connectivity index (χ4n) is 2.60. The number of halogens is 1. The van der Waals surface area contributed by atoms with Crippen molar-refractivity contribution in [3.8, 4) is 0 Å². The fourth-order valence-corrected chi connectivity index (χ4v) is 2.60. The molecule has 3 N–H and O–H groups in total. The molecule has 0 aromatic heterocycles. The number of amides is 2. The van der Waals surface area contributed by atoms with Gasteiger partial charge in [-0.05, 0) is 43.4 Å². The van der Waals surface area contributed by atoms with Crippen molar-refractivity contribution >= 4 is 6.03 Å². The summed E-state index contributed by atoms with van der Waals surface area (Å²) in [5.41, 5.74) is 0.103. The monoisotopic (exact) mass is 308 g/mol. The zero-order valence-electron chi connectivity index (χ0n) is 13.4. The summed E-state index contributed by atoms with van der Waals surface area (Å²) >= 11 is 0. The number of hydrogen-bond acceptors (Lipinski definition) is 2. The van der Waals surface area contributed by atoms with E-state index in [1.165, 1.54) is 12.1 Å². The van der Waals surface area contributed by atoms with E-state index in [2.05, 4.69) is 10.6 Å². The molecule has 0 spiro atoms. The SMILES string of the molecule is CC(C)(CNC(=O)NC(C)(CO)C1CC1)c1ccc(F)cc1. The molecule has 4 nitrogen and oxygen atoms in total. The molecule has 5 heteroatoms. The summed E-state index contributed by atoms with van der Waals surface area (Å²) in [4.78, 5) is 12.1. The molecule has 22 heavy (non-hydrogen) atoms. The number of nitrogens with one attached hydrogen (secondary N) is 2. The standard InChI is InChI=1S/C17H25FN2O2/c1-16(2,12-6-8-14(18)9-7-12)10-19-15(22)20-17(3,11-21)13-4-5-13/h6-9,13,21H,4-5,10-11H2,1-3H3,(H2,19,20,22). The van der Waals surface area contributed by atoms with Crippen molar-refractivity contribution in [1.82, 2.24) is 10.6 Å². The molecule has 1 aliphatic rings. The molecular weight excluding hydrogens is 283 g/mol. The molecule has 2 rings (SSSR count). The maximum atomic E-state index is 13.0. The zero-order valence-corrected chi connectivity index (χ0v) is 13.4. The second kappa shape index (κ2) is 6.24. The summed E-state index contributed by atoms with van der Waals surface area (Å²) in [6.07, 6.45) is 2.08. The molecule has 0 radical (unpaired) electrons. The molecular formula is C17H25FN2O2. The van der Waals surface area contributed by atoms with Crippen LogP contribution in [0, 0.1) is 11.7 Å². The van der Waals surface area contributed by atoms with Crippen LogP contribution in [0.25, 0.3) is 0 Å². The van der Waals surface area contributed by atoms with E-state index in [1.807, 2.05) is 20.8 Å². The van der Waals surface area contributed by atoms with Crippen molar-refractivity contribution < 1.29 is 14.3 Å². The Bertz CT molecular complexity index is 526. The third-order valence-corrected chi connectivity index (χ3v) is 4.52. The summed E-state index contributed by atoms with van der Waals surface area (Å²) in [5, 5.41) is 15.2. The number of hydrogen-bond donors (Lipinski definition) is 3. The lowest BCUT2D eigenvalue weighted by atomic mass is 9.84. The minimum absolute atomic E-state index is 0.0631. The van der Waals surface area contributed by atoms with Crippen LogP contribution >= 0.6 is 0 Å². The Kier molecular flexibility index (Phi) is 4.75. The predicted molar refractivity (Wildman–Crippen MR) is 84.2 cm³/mol. The first kappa shape index (κ1) is 16.7. The number of urea groups is 1. The number of aliphatic hydroxyl groups excluding tert-OH is 1. The van der Waals surface area contributed by atoms with Crippen molar-refractivity contribution in [2.24, 2.45) is 5.92 Å². The topological polar surface area (TPSA) is 61.4 Å². The highest BCUT2D eigenvalue weighted by Gasteiger charge is 2.42. The predicted octanol–water partition coefficient (Wildman–Crippen LogP) is 2.56. The van der Waals surface area contributed by atoms with Gasteiger partial charge in [-0.15, -0.1) is 0 Å². The molecule has 0 bridgehead atoms. The highest BCUT2D eigenvalue weighted by molar-refractivity contribution is 5.75. The van der Waals surface area contributed by atoms with Gasteiger partial charge in [0.05, 0.1) is 12.1 Å². The Morgan fingerprint density at radius 1 is 1.27 bits per heavy atom. The Morgan fingerprint density at radius 2 is 1.86 bits per heavy atom. The average molecular weight is 308 g/mol. The molecule has 2 amide bonds. The van der Waals surface area contributed by atoms with Gasteiger partial charge in [0.15, 0.2) is 0 Å². The quantitative estimate of drug-likeness (QED) is 0.756. The summed E-state index contributed by atoms with van der Waals surface area (Å²) in [7, 11) is 0. The second-order valence-corrected chi connectivity index (χ2v) is 7.05. The van der Waals surface area contributed by atoms with Crippen molar-refractivity contribution in [3.63, 3.8) is 0 Å². The lowest BCUT2D eigenvalue weighted by Crippen LogP contribution is -2.55. The molecule has 1 atom stereocenters. The minimum atomic E-state index is -0.551. The van der Waals surface area contributed by atoms with E-state index in [0.29, 0.717) is 12.5 Å². The highest BCUT2D eigenvalue weighted by atomic mass is 19.1. The molecule has 1 fully saturated rings. The Morgan fingerprint density at radius 3 is 2.36 bits per heavy atom. The molecule has 0 saturated heterocycles. The van der Waals surface area contributed by atoms with Crippen molar-refractivity contribution in [1.29, 1.82) is 0 Å². The molecule has 122 valence electrons. The van der Waals surface area contributed by atoms with E-state index in [-0.39, 0.29) is 23.9 Å². The minimum Gasteiger partial charge on any atom is -0.394 e. The molecule has 0 aliphatic heterocycles. The number of aliphatic hydroxyl groups is 1. The first-order valence-corrected chi connectivity index (χ1v) is 7.70. The molecule has 1 unspecified atom stereocenters. The highest BCUT2D eigenvalue weighted by Crippen LogP contribution is 2.39. The first-order valence-electron chi connectivity index (χ1n) is 7.70. The van der Waals surface area contributed by atoms with Gasteiger partial charge in [0.1, 0.15) is 5.82 Å². The Balaban J connectivity index is 1.90. The van der Waals surface area contributed by atoms with Crippen LogP contribution in [0.3, 0.4) is 0 Å². The number of carbonyl (C=O) groups excluding carboxylic acids is 1. The number of rotatable bonds is 6. The number of carbonyl (C=O) groups is 1. The maximum Gasteiger partial charge on any atom is 0.315 e. The van der Waals surface area contributed by atoms with E-state index >= 15 is 0 Å². The van der Waals surface area contributed by atoms with Crippen LogP contribution in [0.4, 0.5) is 9.18 Å². The zero-order chi connectivity index (χ0) is 16.4. The Labute approximate surface area is 131 Å². The van der Waals surface area contributed by atoms with E-state index in [0.717, 1.165) is 18.4 Å². The molecule has 1 saturated carbocycles. The first-order chi connectivity index (χ1) is 10.3. The lowest BCUT2D eigenvalue weighted by Gasteiger charge is -2.31. The van der Waals surface area contributed by atoms with Crippen LogP contribution in [0.15, 0.2) is 24.3 Å². The van der Waals surface area contributed by atoms with Gasteiger partial charge in [0.25, 0.3) is 0 Å². The summed E-state index contributed by atoms with van der Waals surface area (Å²) in [6, 6.07) is 6.03.